The van der Waals surface area contributed by atoms with Gasteiger partial charge in [0, 0.05) is 11.3 Å². The van der Waals surface area contributed by atoms with E-state index in [0.29, 0.717) is 0 Å². The van der Waals surface area contributed by atoms with Crippen LogP contribution in [0.2, 0.25) is 0 Å². The van der Waals surface area contributed by atoms with E-state index < -0.39 is 0 Å². The fraction of sp³-hybridized carbons (Fsp3) is 0.375. The highest BCUT2D eigenvalue weighted by atomic mass is 16.3. The summed E-state index contributed by atoms with van der Waals surface area (Å²) in [7, 11) is 0. The highest BCUT2D eigenvalue weighted by molar-refractivity contribution is 5.63. The molecule has 98 valence electrons. The average molecular weight is 254 g/mol. The second-order valence-electron chi connectivity index (χ2n) is 5.47. The molecule has 3 nitrogen and oxygen atoms in total. The first-order valence-corrected chi connectivity index (χ1v) is 6.68. The number of aliphatic hydroxyl groups excluding tert-OH is 1. The molecule has 2 aromatic rings. The largest absolute Gasteiger partial charge is 0.395 e. The summed E-state index contributed by atoms with van der Waals surface area (Å²) in [5, 5.41) is 9.54. The van der Waals surface area contributed by atoms with Gasteiger partial charge in [0.05, 0.1) is 17.7 Å². The van der Waals surface area contributed by atoms with Crippen molar-refractivity contribution in [1.29, 1.82) is 0 Å². The molecule has 1 N–H and O–H groups in total. The summed E-state index contributed by atoms with van der Waals surface area (Å²) in [4.78, 5) is 9.22. The van der Waals surface area contributed by atoms with Crippen LogP contribution in [0.3, 0.4) is 0 Å². The number of aryl methyl sites for hydroxylation is 2. The maximum absolute atomic E-state index is 9.54. The van der Waals surface area contributed by atoms with Crippen molar-refractivity contribution in [2.45, 2.75) is 32.1 Å². The average Bonchev–Trinajstić information content (AvgIpc) is 3.19. The lowest BCUT2D eigenvalue weighted by Gasteiger charge is -2.13. The molecule has 0 atom stereocenters. The van der Waals surface area contributed by atoms with Crippen molar-refractivity contribution in [3.05, 3.63) is 47.4 Å². The van der Waals surface area contributed by atoms with Crippen LogP contribution in [0.15, 0.2) is 30.3 Å². The van der Waals surface area contributed by atoms with Gasteiger partial charge >= 0.3 is 0 Å². The summed E-state index contributed by atoms with van der Waals surface area (Å²) in [6, 6.07) is 10.2. The molecule has 19 heavy (non-hydrogen) atoms. The maximum Gasteiger partial charge on any atom is 0.137 e. The van der Waals surface area contributed by atoms with E-state index in [-0.39, 0.29) is 12.0 Å². The van der Waals surface area contributed by atoms with Gasteiger partial charge in [-0.3, -0.25) is 0 Å². The molecule has 1 aromatic carbocycles. The second-order valence-corrected chi connectivity index (χ2v) is 5.47. The van der Waals surface area contributed by atoms with Crippen molar-refractivity contribution in [3.63, 3.8) is 0 Å². The number of aliphatic hydroxyl groups is 1. The Hall–Kier alpha value is -1.74. The van der Waals surface area contributed by atoms with Gasteiger partial charge in [0.15, 0.2) is 0 Å². The number of benzene rings is 1. The fourth-order valence-electron chi connectivity index (χ4n) is 2.41. The third kappa shape index (κ3) is 2.15. The van der Waals surface area contributed by atoms with Crippen LogP contribution in [0.5, 0.6) is 0 Å². The zero-order valence-corrected chi connectivity index (χ0v) is 11.3. The molecule has 0 bridgehead atoms. The third-order valence-electron chi connectivity index (χ3n) is 3.91. The maximum atomic E-state index is 9.54. The first-order valence-electron chi connectivity index (χ1n) is 6.68. The predicted octanol–water partition coefficient (Wildman–Crippen LogP) is 2.78. The van der Waals surface area contributed by atoms with E-state index in [1.165, 1.54) is 5.56 Å². The van der Waals surface area contributed by atoms with Crippen LogP contribution in [0.1, 0.15) is 29.9 Å². The summed E-state index contributed by atoms with van der Waals surface area (Å²) in [6.45, 7) is 4.22. The molecule has 0 spiro atoms. The number of rotatable bonds is 3. The molecule has 3 heteroatoms. The Morgan fingerprint density at radius 3 is 2.53 bits per heavy atom. The lowest BCUT2D eigenvalue weighted by Crippen LogP contribution is -2.17. The Morgan fingerprint density at radius 2 is 1.89 bits per heavy atom. The number of nitrogens with zero attached hydrogens (tertiary/aromatic N) is 2. The molecule has 0 amide bonds. The van der Waals surface area contributed by atoms with E-state index in [1.54, 1.807) is 0 Å². The molecular weight excluding hydrogens is 236 g/mol. The first-order chi connectivity index (χ1) is 9.14. The summed E-state index contributed by atoms with van der Waals surface area (Å²) in [5.74, 6) is 0.799. The lowest BCUT2D eigenvalue weighted by molar-refractivity contribution is 0.249. The Balaban J connectivity index is 2.11. The van der Waals surface area contributed by atoms with Gasteiger partial charge in [-0.25, -0.2) is 9.97 Å². The minimum absolute atomic E-state index is 0.143. The summed E-state index contributed by atoms with van der Waals surface area (Å²) in [5.41, 5.74) is 4.09. The van der Waals surface area contributed by atoms with Crippen molar-refractivity contribution in [1.82, 2.24) is 9.97 Å². The topological polar surface area (TPSA) is 46.0 Å². The van der Waals surface area contributed by atoms with Crippen LogP contribution < -0.4 is 0 Å². The van der Waals surface area contributed by atoms with Gasteiger partial charge in [0.25, 0.3) is 0 Å². The molecule has 1 aliphatic rings. The Morgan fingerprint density at radius 1 is 1.16 bits per heavy atom. The van der Waals surface area contributed by atoms with E-state index in [4.69, 9.17) is 4.98 Å². The van der Waals surface area contributed by atoms with Crippen LogP contribution >= 0.6 is 0 Å². The molecular formula is C16H18N2O. The molecule has 1 aromatic heterocycles. The van der Waals surface area contributed by atoms with E-state index >= 15 is 0 Å². The number of aromatic nitrogens is 2. The molecule has 1 heterocycles. The zero-order valence-electron chi connectivity index (χ0n) is 11.3. The molecule has 1 saturated carbocycles. The number of hydrogen-bond acceptors (Lipinski definition) is 3. The van der Waals surface area contributed by atoms with Crippen molar-refractivity contribution in [2.75, 3.05) is 6.61 Å². The van der Waals surface area contributed by atoms with Gasteiger partial charge in [0.2, 0.25) is 0 Å². The Bertz CT molecular complexity index is 618. The quantitative estimate of drug-likeness (QED) is 0.916. The number of hydrogen-bond donors (Lipinski definition) is 1. The van der Waals surface area contributed by atoms with Crippen LogP contribution in [0.25, 0.3) is 11.3 Å². The molecule has 0 unspecified atom stereocenters. The standard InChI is InChI=1S/C16H18N2O/c1-11-5-3-4-6-13(11)14-9-12(2)17-15(18-14)16(10-19)7-8-16/h3-6,9,19H,7-8,10H2,1-2H3. The summed E-state index contributed by atoms with van der Waals surface area (Å²) < 4.78 is 0. The van der Waals surface area contributed by atoms with E-state index in [0.717, 1.165) is 35.6 Å². The van der Waals surface area contributed by atoms with Crippen molar-refractivity contribution in [2.24, 2.45) is 0 Å². The van der Waals surface area contributed by atoms with E-state index in [1.807, 2.05) is 25.1 Å². The van der Waals surface area contributed by atoms with E-state index in [2.05, 4.69) is 24.0 Å². The monoisotopic (exact) mass is 254 g/mol. The normalized spacial score (nSPS) is 16.4. The lowest BCUT2D eigenvalue weighted by atomic mass is 10.0. The van der Waals surface area contributed by atoms with Crippen LogP contribution in [0.4, 0.5) is 0 Å². The molecule has 0 saturated heterocycles. The Kier molecular flexibility index (Phi) is 2.86. The van der Waals surface area contributed by atoms with Gasteiger partial charge in [0.1, 0.15) is 5.82 Å². The van der Waals surface area contributed by atoms with Gasteiger partial charge in [-0.05, 0) is 38.3 Å². The smallest absolute Gasteiger partial charge is 0.137 e. The van der Waals surface area contributed by atoms with Gasteiger partial charge in [-0.15, -0.1) is 0 Å². The fourth-order valence-corrected chi connectivity index (χ4v) is 2.41. The predicted molar refractivity (Wildman–Crippen MR) is 74.9 cm³/mol. The van der Waals surface area contributed by atoms with Gasteiger partial charge in [-0.2, -0.15) is 0 Å². The Labute approximate surface area is 113 Å². The van der Waals surface area contributed by atoms with Crippen molar-refractivity contribution < 1.29 is 5.11 Å². The third-order valence-corrected chi connectivity index (χ3v) is 3.91. The minimum Gasteiger partial charge on any atom is -0.395 e. The molecule has 1 aliphatic carbocycles. The minimum atomic E-state index is -0.177. The van der Waals surface area contributed by atoms with Crippen LogP contribution in [0, 0.1) is 13.8 Å². The van der Waals surface area contributed by atoms with Crippen LogP contribution in [-0.2, 0) is 5.41 Å². The first kappa shape index (κ1) is 12.3. The molecule has 0 radical (unpaired) electrons. The molecule has 0 aliphatic heterocycles. The van der Waals surface area contributed by atoms with Crippen molar-refractivity contribution in [3.8, 4) is 11.3 Å². The van der Waals surface area contributed by atoms with Gasteiger partial charge in [-0.1, -0.05) is 24.3 Å². The van der Waals surface area contributed by atoms with Gasteiger partial charge < -0.3 is 5.11 Å². The summed E-state index contributed by atoms with van der Waals surface area (Å²) in [6.07, 6.45) is 1.97. The highest BCUT2D eigenvalue weighted by Crippen LogP contribution is 2.46. The second kappa shape index (κ2) is 4.42. The molecule has 3 rings (SSSR count). The van der Waals surface area contributed by atoms with Crippen LogP contribution in [-0.4, -0.2) is 21.7 Å². The zero-order chi connectivity index (χ0) is 13.5. The molecule has 1 fully saturated rings. The summed E-state index contributed by atoms with van der Waals surface area (Å²) >= 11 is 0. The highest BCUT2D eigenvalue weighted by Gasteiger charge is 2.46. The van der Waals surface area contributed by atoms with Crippen molar-refractivity contribution >= 4 is 0 Å². The SMILES string of the molecule is Cc1cc(-c2ccccc2C)nc(C2(CO)CC2)n1. The van der Waals surface area contributed by atoms with E-state index in [9.17, 15) is 5.11 Å².